The summed E-state index contributed by atoms with van der Waals surface area (Å²) in [6, 6.07) is 1.70. The first-order chi connectivity index (χ1) is 10.3. The highest BCUT2D eigenvalue weighted by molar-refractivity contribution is 5.99. The van der Waals surface area contributed by atoms with Crippen molar-refractivity contribution in [2.45, 2.75) is 32.1 Å². The lowest BCUT2D eigenvalue weighted by molar-refractivity contribution is 0.0724. The minimum Gasteiger partial charge on any atom is -0.339 e. The van der Waals surface area contributed by atoms with Crippen LogP contribution in [0.5, 0.6) is 0 Å². The predicted octanol–water partition coefficient (Wildman–Crippen LogP) is 1.94. The van der Waals surface area contributed by atoms with E-state index in [4.69, 9.17) is 0 Å². The number of nitrogens with zero attached hydrogens (tertiary/aromatic N) is 3. The number of piperidine rings is 1. The fourth-order valence-corrected chi connectivity index (χ4v) is 3.06. The number of carbonyl (C=O) groups excluding carboxylic acids is 2. The van der Waals surface area contributed by atoms with Crippen LogP contribution in [0.2, 0.25) is 0 Å². The summed E-state index contributed by atoms with van der Waals surface area (Å²) in [5, 5.41) is 0. The van der Waals surface area contributed by atoms with E-state index in [-0.39, 0.29) is 11.8 Å². The molecule has 21 heavy (non-hydrogen) atoms. The molecule has 0 aliphatic carbocycles. The van der Waals surface area contributed by atoms with Gasteiger partial charge in [-0.05, 0) is 38.2 Å². The summed E-state index contributed by atoms with van der Waals surface area (Å²) in [7, 11) is 0. The number of hydrogen-bond acceptors (Lipinski definition) is 3. The van der Waals surface area contributed by atoms with Crippen LogP contribution < -0.4 is 0 Å². The molecule has 3 heterocycles. The minimum absolute atomic E-state index is 0.00160. The van der Waals surface area contributed by atoms with E-state index in [0.717, 1.165) is 51.9 Å². The summed E-state index contributed by atoms with van der Waals surface area (Å²) in [5.74, 6) is -0.00781. The van der Waals surface area contributed by atoms with E-state index in [9.17, 15) is 9.59 Å². The Labute approximate surface area is 124 Å². The molecule has 0 radical (unpaired) electrons. The Morgan fingerprint density at radius 3 is 1.67 bits per heavy atom. The van der Waals surface area contributed by atoms with E-state index in [2.05, 4.69) is 4.98 Å². The summed E-state index contributed by atoms with van der Waals surface area (Å²) in [5.41, 5.74) is 1.06. The quantitative estimate of drug-likeness (QED) is 0.835. The Morgan fingerprint density at radius 1 is 0.762 bits per heavy atom. The molecule has 0 saturated carbocycles. The van der Waals surface area contributed by atoms with E-state index in [0.29, 0.717) is 11.1 Å². The number of amides is 2. The van der Waals surface area contributed by atoms with Crippen LogP contribution in [0.4, 0.5) is 0 Å². The number of rotatable bonds is 2. The van der Waals surface area contributed by atoms with Gasteiger partial charge in [-0.1, -0.05) is 0 Å². The van der Waals surface area contributed by atoms with Crippen LogP contribution in [0.1, 0.15) is 52.8 Å². The molecule has 0 bridgehead atoms. The molecule has 0 N–H and O–H groups in total. The van der Waals surface area contributed by atoms with Gasteiger partial charge in [0.05, 0.1) is 11.1 Å². The van der Waals surface area contributed by atoms with Gasteiger partial charge in [0.1, 0.15) is 0 Å². The SMILES string of the molecule is O=C(c1cncc(C(=O)N2CCCC2)c1)N1CCCCC1. The van der Waals surface area contributed by atoms with Crippen molar-refractivity contribution in [3.8, 4) is 0 Å². The fourth-order valence-electron chi connectivity index (χ4n) is 3.06. The average Bonchev–Trinajstić information content (AvgIpc) is 3.09. The molecule has 3 rings (SSSR count). The largest absolute Gasteiger partial charge is 0.339 e. The van der Waals surface area contributed by atoms with Gasteiger partial charge in [-0.15, -0.1) is 0 Å². The molecule has 1 aromatic rings. The molecule has 2 aliphatic rings. The summed E-state index contributed by atoms with van der Waals surface area (Å²) < 4.78 is 0. The van der Waals surface area contributed by atoms with Gasteiger partial charge >= 0.3 is 0 Å². The molecule has 5 heteroatoms. The topological polar surface area (TPSA) is 53.5 Å². The van der Waals surface area contributed by atoms with Crippen LogP contribution >= 0.6 is 0 Å². The van der Waals surface area contributed by atoms with E-state index in [1.807, 2.05) is 9.80 Å². The summed E-state index contributed by atoms with van der Waals surface area (Å²) >= 11 is 0. The molecule has 0 unspecified atom stereocenters. The Morgan fingerprint density at radius 2 is 1.19 bits per heavy atom. The number of aromatic nitrogens is 1. The van der Waals surface area contributed by atoms with Crippen molar-refractivity contribution < 1.29 is 9.59 Å². The molecule has 5 nitrogen and oxygen atoms in total. The lowest BCUT2D eigenvalue weighted by Gasteiger charge is -2.26. The first kappa shape index (κ1) is 14.0. The second-order valence-electron chi connectivity index (χ2n) is 5.81. The number of hydrogen-bond donors (Lipinski definition) is 0. The van der Waals surface area contributed by atoms with E-state index < -0.39 is 0 Å². The number of likely N-dealkylation sites (tertiary alicyclic amines) is 2. The van der Waals surface area contributed by atoms with Crippen LogP contribution in [-0.4, -0.2) is 52.8 Å². The normalized spacial score (nSPS) is 18.9. The van der Waals surface area contributed by atoms with E-state index >= 15 is 0 Å². The Bertz CT molecular complexity index is 532. The van der Waals surface area contributed by atoms with E-state index in [1.54, 1.807) is 18.5 Å². The van der Waals surface area contributed by atoms with Gasteiger partial charge in [-0.25, -0.2) is 0 Å². The average molecular weight is 287 g/mol. The van der Waals surface area contributed by atoms with Crippen LogP contribution in [0, 0.1) is 0 Å². The van der Waals surface area contributed by atoms with Crippen LogP contribution in [-0.2, 0) is 0 Å². The monoisotopic (exact) mass is 287 g/mol. The zero-order valence-electron chi connectivity index (χ0n) is 12.3. The van der Waals surface area contributed by atoms with Crippen molar-refractivity contribution in [1.29, 1.82) is 0 Å². The van der Waals surface area contributed by atoms with Crippen LogP contribution in [0.25, 0.3) is 0 Å². The van der Waals surface area contributed by atoms with Crippen molar-refractivity contribution in [2.24, 2.45) is 0 Å². The first-order valence-corrected chi connectivity index (χ1v) is 7.79. The maximum atomic E-state index is 12.5. The number of pyridine rings is 1. The third-order valence-electron chi connectivity index (χ3n) is 4.27. The maximum absolute atomic E-state index is 12.5. The maximum Gasteiger partial charge on any atom is 0.255 e. The zero-order valence-corrected chi connectivity index (χ0v) is 12.3. The van der Waals surface area contributed by atoms with Gasteiger partial charge in [-0.3, -0.25) is 14.6 Å². The molecule has 0 atom stereocenters. The van der Waals surface area contributed by atoms with Crippen molar-refractivity contribution in [3.63, 3.8) is 0 Å². The highest BCUT2D eigenvalue weighted by atomic mass is 16.2. The van der Waals surface area contributed by atoms with Gasteiger partial charge < -0.3 is 9.80 Å². The Balaban J connectivity index is 1.75. The molecular weight excluding hydrogens is 266 g/mol. The molecule has 0 spiro atoms. The standard InChI is InChI=1S/C16H21N3O2/c20-15(18-6-2-1-3-7-18)13-10-14(12-17-11-13)16(21)19-8-4-5-9-19/h10-12H,1-9H2. The van der Waals surface area contributed by atoms with Gasteiger partial charge in [-0.2, -0.15) is 0 Å². The predicted molar refractivity (Wildman–Crippen MR) is 79.1 cm³/mol. The third kappa shape index (κ3) is 3.06. The van der Waals surface area contributed by atoms with Crippen molar-refractivity contribution in [1.82, 2.24) is 14.8 Å². The molecule has 2 aliphatic heterocycles. The van der Waals surface area contributed by atoms with Crippen molar-refractivity contribution in [2.75, 3.05) is 26.2 Å². The van der Waals surface area contributed by atoms with Gasteiger partial charge in [0.25, 0.3) is 11.8 Å². The molecule has 1 aromatic heterocycles. The lowest BCUT2D eigenvalue weighted by Crippen LogP contribution is -2.36. The minimum atomic E-state index is -0.00621. The smallest absolute Gasteiger partial charge is 0.255 e. The molecule has 2 saturated heterocycles. The highest BCUT2D eigenvalue weighted by Gasteiger charge is 2.22. The first-order valence-electron chi connectivity index (χ1n) is 7.79. The zero-order chi connectivity index (χ0) is 14.7. The fraction of sp³-hybridized carbons (Fsp3) is 0.562. The number of carbonyl (C=O) groups is 2. The van der Waals surface area contributed by atoms with E-state index in [1.165, 1.54) is 6.42 Å². The molecule has 2 fully saturated rings. The van der Waals surface area contributed by atoms with Crippen LogP contribution in [0.3, 0.4) is 0 Å². The Kier molecular flexibility index (Phi) is 4.18. The molecule has 0 aromatic carbocycles. The summed E-state index contributed by atoms with van der Waals surface area (Å²) in [6.07, 6.45) is 8.56. The van der Waals surface area contributed by atoms with Crippen molar-refractivity contribution >= 4 is 11.8 Å². The van der Waals surface area contributed by atoms with Gasteiger partial charge in [0, 0.05) is 38.6 Å². The third-order valence-corrected chi connectivity index (χ3v) is 4.27. The highest BCUT2D eigenvalue weighted by Crippen LogP contribution is 2.16. The molecular formula is C16H21N3O2. The van der Waals surface area contributed by atoms with Crippen LogP contribution in [0.15, 0.2) is 18.5 Å². The van der Waals surface area contributed by atoms with Gasteiger partial charge in [0.2, 0.25) is 0 Å². The second kappa shape index (κ2) is 6.24. The second-order valence-corrected chi connectivity index (χ2v) is 5.81. The molecule has 112 valence electrons. The summed E-state index contributed by atoms with van der Waals surface area (Å²) in [4.78, 5) is 32.6. The van der Waals surface area contributed by atoms with Crippen molar-refractivity contribution in [3.05, 3.63) is 29.6 Å². The lowest BCUT2D eigenvalue weighted by atomic mass is 10.1. The van der Waals surface area contributed by atoms with Gasteiger partial charge in [0.15, 0.2) is 0 Å². The summed E-state index contributed by atoms with van der Waals surface area (Å²) in [6.45, 7) is 3.23. The molecule has 2 amide bonds. The Hall–Kier alpha value is -1.91.